The molecule has 0 aliphatic heterocycles. The number of nitrogens with one attached hydrogen (secondary N) is 1. The topological polar surface area (TPSA) is 73.6 Å². The van der Waals surface area contributed by atoms with Crippen LogP contribution in [0.1, 0.15) is 50.9 Å². The van der Waals surface area contributed by atoms with Crippen LogP contribution < -0.4 is 20.5 Å². The Morgan fingerprint density at radius 3 is 2.22 bits per heavy atom. The molecule has 0 bridgehead atoms. The zero-order valence-electron chi connectivity index (χ0n) is 14.5. The second-order valence-corrected chi connectivity index (χ2v) is 6.03. The molecule has 0 aromatic heterocycles. The molecule has 0 fully saturated rings. The first-order valence-electron chi connectivity index (χ1n) is 7.84. The summed E-state index contributed by atoms with van der Waals surface area (Å²) in [5.74, 6) is 1.11. The zero-order chi connectivity index (χ0) is 16.6. The Balaban J connectivity index is 0.00000484. The number of nitrogens with two attached hydrogens (primary N) is 1. The minimum atomic E-state index is -0.443. The van der Waals surface area contributed by atoms with Gasteiger partial charge in [0.1, 0.15) is 0 Å². The van der Waals surface area contributed by atoms with Gasteiger partial charge in [0.2, 0.25) is 0 Å². The van der Waals surface area contributed by atoms with E-state index in [0.717, 1.165) is 12.8 Å². The molecule has 1 aromatic rings. The van der Waals surface area contributed by atoms with Gasteiger partial charge in [0.05, 0.1) is 13.2 Å². The van der Waals surface area contributed by atoms with Crippen molar-refractivity contribution in [1.29, 1.82) is 0 Å². The van der Waals surface area contributed by atoms with Crippen LogP contribution in [0.15, 0.2) is 18.2 Å². The van der Waals surface area contributed by atoms with Crippen LogP contribution in [0.2, 0.25) is 0 Å². The summed E-state index contributed by atoms with van der Waals surface area (Å²) in [6, 6.07) is 5.24. The SMILES string of the molecule is CCCOc1ccc(C(=O)NCC(C)(C)N)cc1OCCC.Cl. The smallest absolute Gasteiger partial charge is 0.251 e. The third kappa shape index (κ3) is 8.09. The van der Waals surface area contributed by atoms with Crippen molar-refractivity contribution in [2.45, 2.75) is 46.1 Å². The van der Waals surface area contributed by atoms with Gasteiger partial charge in [0.25, 0.3) is 5.91 Å². The second-order valence-electron chi connectivity index (χ2n) is 6.03. The number of amides is 1. The van der Waals surface area contributed by atoms with Crippen LogP contribution in [0.4, 0.5) is 0 Å². The van der Waals surface area contributed by atoms with Crippen molar-refractivity contribution in [2.24, 2.45) is 5.73 Å². The number of ether oxygens (including phenoxy) is 2. The highest BCUT2D eigenvalue weighted by Crippen LogP contribution is 2.28. The molecule has 5 nitrogen and oxygen atoms in total. The maximum Gasteiger partial charge on any atom is 0.251 e. The van der Waals surface area contributed by atoms with E-state index in [1.54, 1.807) is 18.2 Å². The molecule has 132 valence electrons. The van der Waals surface area contributed by atoms with Gasteiger partial charge in [0, 0.05) is 17.6 Å². The lowest BCUT2D eigenvalue weighted by Gasteiger charge is -2.19. The fraction of sp³-hybridized carbons (Fsp3) is 0.588. The lowest BCUT2D eigenvalue weighted by atomic mass is 10.1. The minimum absolute atomic E-state index is 0. The highest BCUT2D eigenvalue weighted by Gasteiger charge is 2.15. The molecule has 0 aliphatic carbocycles. The van der Waals surface area contributed by atoms with Crippen LogP contribution in [0.5, 0.6) is 11.5 Å². The summed E-state index contributed by atoms with van der Waals surface area (Å²) in [4.78, 5) is 12.2. The van der Waals surface area contributed by atoms with Crippen LogP contribution in [0.3, 0.4) is 0 Å². The van der Waals surface area contributed by atoms with E-state index in [-0.39, 0.29) is 18.3 Å². The molecule has 1 amide bonds. The molecule has 0 heterocycles. The predicted molar refractivity (Wildman–Crippen MR) is 95.9 cm³/mol. The molecule has 0 unspecified atom stereocenters. The maximum absolute atomic E-state index is 12.2. The molecule has 1 aromatic carbocycles. The largest absolute Gasteiger partial charge is 0.490 e. The predicted octanol–water partition coefficient (Wildman–Crippen LogP) is 3.15. The molecule has 0 saturated carbocycles. The Kier molecular flexibility index (Phi) is 9.68. The van der Waals surface area contributed by atoms with E-state index in [9.17, 15) is 4.79 Å². The van der Waals surface area contributed by atoms with E-state index in [1.165, 1.54) is 0 Å². The average Bonchev–Trinajstić information content (AvgIpc) is 2.48. The van der Waals surface area contributed by atoms with Crippen LogP contribution in [0.25, 0.3) is 0 Å². The zero-order valence-corrected chi connectivity index (χ0v) is 15.3. The van der Waals surface area contributed by atoms with Crippen LogP contribution in [0, 0.1) is 0 Å². The van der Waals surface area contributed by atoms with Gasteiger partial charge in [-0.1, -0.05) is 13.8 Å². The first kappa shape index (κ1) is 21.5. The average molecular weight is 345 g/mol. The Bertz CT molecular complexity index is 487. The number of halogens is 1. The number of hydrogen-bond donors (Lipinski definition) is 2. The maximum atomic E-state index is 12.2. The molecule has 0 aliphatic rings. The summed E-state index contributed by atoms with van der Waals surface area (Å²) >= 11 is 0. The fourth-order valence-electron chi connectivity index (χ4n) is 1.72. The van der Waals surface area contributed by atoms with Gasteiger partial charge >= 0.3 is 0 Å². The fourth-order valence-corrected chi connectivity index (χ4v) is 1.72. The minimum Gasteiger partial charge on any atom is -0.490 e. The molecule has 6 heteroatoms. The van der Waals surface area contributed by atoms with Gasteiger partial charge in [-0.25, -0.2) is 0 Å². The van der Waals surface area contributed by atoms with E-state index in [1.807, 2.05) is 27.7 Å². The van der Waals surface area contributed by atoms with Crippen molar-refractivity contribution in [3.63, 3.8) is 0 Å². The van der Waals surface area contributed by atoms with Crippen molar-refractivity contribution in [3.05, 3.63) is 23.8 Å². The summed E-state index contributed by atoms with van der Waals surface area (Å²) in [7, 11) is 0. The molecule has 23 heavy (non-hydrogen) atoms. The lowest BCUT2D eigenvalue weighted by Crippen LogP contribution is -2.45. The number of carbonyl (C=O) groups is 1. The summed E-state index contributed by atoms with van der Waals surface area (Å²) in [5, 5.41) is 2.82. The number of carbonyl (C=O) groups excluding carboxylic acids is 1. The van der Waals surface area contributed by atoms with E-state index in [2.05, 4.69) is 5.32 Å². The lowest BCUT2D eigenvalue weighted by molar-refractivity contribution is 0.0945. The van der Waals surface area contributed by atoms with Crippen LogP contribution >= 0.6 is 12.4 Å². The number of hydrogen-bond acceptors (Lipinski definition) is 4. The number of benzene rings is 1. The summed E-state index contributed by atoms with van der Waals surface area (Å²) < 4.78 is 11.3. The quantitative estimate of drug-likeness (QED) is 0.721. The Morgan fingerprint density at radius 2 is 1.70 bits per heavy atom. The van der Waals surface area contributed by atoms with Gasteiger partial charge < -0.3 is 20.5 Å². The van der Waals surface area contributed by atoms with Gasteiger partial charge in [-0.15, -0.1) is 12.4 Å². The Labute approximate surface area is 145 Å². The summed E-state index contributed by atoms with van der Waals surface area (Å²) in [5.41, 5.74) is 5.97. The van der Waals surface area contributed by atoms with Gasteiger partial charge in [0.15, 0.2) is 11.5 Å². The monoisotopic (exact) mass is 344 g/mol. The van der Waals surface area contributed by atoms with Crippen molar-refractivity contribution in [1.82, 2.24) is 5.32 Å². The normalized spacial score (nSPS) is 10.7. The Morgan fingerprint density at radius 1 is 1.13 bits per heavy atom. The van der Waals surface area contributed by atoms with E-state index in [4.69, 9.17) is 15.2 Å². The first-order chi connectivity index (χ1) is 10.4. The molecule has 0 radical (unpaired) electrons. The Hall–Kier alpha value is -1.46. The van der Waals surface area contributed by atoms with Crippen molar-refractivity contribution >= 4 is 18.3 Å². The van der Waals surface area contributed by atoms with Crippen LogP contribution in [-0.2, 0) is 0 Å². The number of rotatable bonds is 9. The second kappa shape index (κ2) is 10.3. The molecule has 0 saturated heterocycles. The highest BCUT2D eigenvalue weighted by molar-refractivity contribution is 5.94. The molecule has 0 atom stereocenters. The molecular weight excluding hydrogens is 316 g/mol. The first-order valence-corrected chi connectivity index (χ1v) is 7.84. The van der Waals surface area contributed by atoms with Gasteiger partial charge in [-0.05, 0) is 44.9 Å². The van der Waals surface area contributed by atoms with Gasteiger partial charge in [-0.3, -0.25) is 4.79 Å². The van der Waals surface area contributed by atoms with Crippen molar-refractivity contribution in [2.75, 3.05) is 19.8 Å². The van der Waals surface area contributed by atoms with Crippen molar-refractivity contribution in [3.8, 4) is 11.5 Å². The van der Waals surface area contributed by atoms with E-state index in [0.29, 0.717) is 36.8 Å². The van der Waals surface area contributed by atoms with Crippen LogP contribution in [-0.4, -0.2) is 31.2 Å². The molecule has 0 spiro atoms. The highest BCUT2D eigenvalue weighted by atomic mass is 35.5. The molecular formula is C17H29ClN2O3. The van der Waals surface area contributed by atoms with E-state index < -0.39 is 5.54 Å². The molecule has 3 N–H and O–H groups in total. The summed E-state index contributed by atoms with van der Waals surface area (Å²) in [6.45, 7) is 9.43. The standard InChI is InChI=1S/C17H28N2O3.ClH/c1-5-9-21-14-8-7-13(11-15(14)22-10-6-2)16(20)19-12-17(3,4)18;/h7-8,11H,5-6,9-10,12,18H2,1-4H3,(H,19,20);1H. The van der Waals surface area contributed by atoms with Gasteiger partial charge in [-0.2, -0.15) is 0 Å². The third-order valence-electron chi connectivity index (χ3n) is 2.83. The van der Waals surface area contributed by atoms with Crippen molar-refractivity contribution < 1.29 is 14.3 Å². The molecule has 1 rings (SSSR count). The summed E-state index contributed by atoms with van der Waals surface area (Å²) in [6.07, 6.45) is 1.81. The van der Waals surface area contributed by atoms with E-state index >= 15 is 0 Å². The third-order valence-corrected chi connectivity index (χ3v) is 2.83.